The van der Waals surface area contributed by atoms with E-state index >= 15 is 0 Å². The summed E-state index contributed by atoms with van der Waals surface area (Å²) in [6.45, 7) is 4.34. The molecule has 4 N–H and O–H groups in total. The van der Waals surface area contributed by atoms with E-state index < -0.39 is 0 Å². The van der Waals surface area contributed by atoms with Gasteiger partial charge in [-0.25, -0.2) is 0 Å². The van der Waals surface area contributed by atoms with Gasteiger partial charge in [-0.15, -0.1) is 0 Å². The molecule has 4 nitrogen and oxygen atoms in total. The number of anilines is 3. The predicted molar refractivity (Wildman–Crippen MR) is 110 cm³/mol. The Balaban J connectivity index is 0.000000386. The van der Waals surface area contributed by atoms with Crippen molar-refractivity contribution in [1.29, 1.82) is 0 Å². The molecule has 1 heterocycles. The molecule has 25 heavy (non-hydrogen) atoms. The minimum absolute atomic E-state index is 0.496. The van der Waals surface area contributed by atoms with Crippen LogP contribution in [0.3, 0.4) is 0 Å². The van der Waals surface area contributed by atoms with Gasteiger partial charge >= 0.3 is 0 Å². The maximum Gasteiger partial charge on any atom is 0.175 e. The van der Waals surface area contributed by atoms with Crippen molar-refractivity contribution >= 4 is 34.4 Å². The predicted octanol–water partition coefficient (Wildman–Crippen LogP) is 5.48. The fraction of sp³-hybridized carbons (Fsp3) is 0.150. The number of hydrogen-bond acceptors (Lipinski definition) is 3. The number of nitrogens with two attached hydrogens (primary N) is 1. The van der Waals surface area contributed by atoms with Crippen LogP contribution in [0.5, 0.6) is 0 Å². The van der Waals surface area contributed by atoms with Crippen molar-refractivity contribution in [2.75, 3.05) is 16.4 Å². The van der Waals surface area contributed by atoms with Crippen LogP contribution >= 0.6 is 12.2 Å². The Kier molecular flexibility index (Phi) is 7.04. The van der Waals surface area contributed by atoms with Gasteiger partial charge in [-0.1, -0.05) is 26.0 Å². The molecule has 3 aromatic rings. The molecule has 0 radical (unpaired) electrons. The fourth-order valence-electron chi connectivity index (χ4n) is 2.06. The molecule has 5 heteroatoms. The zero-order valence-electron chi connectivity index (χ0n) is 14.4. The Morgan fingerprint density at radius 3 is 2.12 bits per heavy atom. The number of rotatable bonds is 3. The molecule has 0 bridgehead atoms. The third-order valence-corrected chi connectivity index (χ3v) is 3.61. The first kappa shape index (κ1) is 18.5. The van der Waals surface area contributed by atoms with Gasteiger partial charge in [0.2, 0.25) is 0 Å². The Morgan fingerprint density at radius 2 is 1.56 bits per heavy atom. The summed E-state index contributed by atoms with van der Waals surface area (Å²) < 4.78 is 4.58. The van der Waals surface area contributed by atoms with Crippen molar-refractivity contribution < 1.29 is 4.42 Å². The molecule has 0 fully saturated rings. The largest absolute Gasteiger partial charge is 0.473 e. The lowest BCUT2D eigenvalue weighted by molar-refractivity contribution is 0.567. The lowest BCUT2D eigenvalue weighted by Gasteiger charge is -2.12. The van der Waals surface area contributed by atoms with E-state index in [0.717, 1.165) is 17.1 Å². The molecule has 0 unspecified atom stereocenters. The van der Waals surface area contributed by atoms with Crippen LogP contribution in [0, 0.1) is 0 Å². The van der Waals surface area contributed by atoms with Gasteiger partial charge in [-0.2, -0.15) is 0 Å². The van der Waals surface area contributed by atoms with Crippen LogP contribution in [0.2, 0.25) is 0 Å². The molecule has 0 aliphatic carbocycles. The van der Waals surface area contributed by atoms with Crippen molar-refractivity contribution in [3.05, 3.63) is 78.8 Å². The van der Waals surface area contributed by atoms with Crippen LogP contribution in [0.1, 0.15) is 25.3 Å². The summed E-state index contributed by atoms with van der Waals surface area (Å²) in [4.78, 5) is 0. The maximum atomic E-state index is 5.65. The first-order chi connectivity index (χ1) is 12.0. The topological polar surface area (TPSA) is 63.2 Å². The van der Waals surface area contributed by atoms with E-state index in [1.807, 2.05) is 48.5 Å². The lowest BCUT2D eigenvalue weighted by Crippen LogP contribution is -2.19. The highest BCUT2D eigenvalue weighted by Crippen LogP contribution is 2.19. The van der Waals surface area contributed by atoms with E-state index in [4.69, 9.17) is 18.0 Å². The average molecular weight is 353 g/mol. The average Bonchev–Trinajstić information content (AvgIpc) is 3.17. The van der Waals surface area contributed by atoms with Crippen LogP contribution < -0.4 is 16.4 Å². The number of hydrogen-bond donors (Lipinski definition) is 3. The van der Waals surface area contributed by atoms with Crippen LogP contribution in [0.25, 0.3) is 0 Å². The van der Waals surface area contributed by atoms with E-state index in [9.17, 15) is 0 Å². The molecule has 2 aromatic carbocycles. The molecular formula is C20H23N3OS. The maximum absolute atomic E-state index is 5.65. The Hall–Kier alpha value is -2.79. The molecule has 0 aliphatic rings. The van der Waals surface area contributed by atoms with E-state index in [1.165, 1.54) is 5.56 Å². The van der Waals surface area contributed by atoms with Crippen molar-refractivity contribution in [3.63, 3.8) is 0 Å². The number of nitrogens with one attached hydrogen (secondary N) is 2. The van der Waals surface area contributed by atoms with Gasteiger partial charge in [0.25, 0.3) is 0 Å². The SMILES string of the molecule is CC(C)c1cccc(NC(=S)Nc2ccc(N)cc2)c1.c1ccoc1. The van der Waals surface area contributed by atoms with Gasteiger partial charge in [0.05, 0.1) is 12.5 Å². The summed E-state index contributed by atoms with van der Waals surface area (Å²) in [7, 11) is 0. The van der Waals surface area contributed by atoms with Gasteiger partial charge in [0, 0.05) is 17.1 Å². The van der Waals surface area contributed by atoms with Gasteiger partial charge in [0.15, 0.2) is 5.11 Å². The van der Waals surface area contributed by atoms with Crippen molar-refractivity contribution in [2.45, 2.75) is 19.8 Å². The molecule has 0 aliphatic heterocycles. The second-order valence-electron chi connectivity index (χ2n) is 5.77. The fourth-order valence-corrected chi connectivity index (χ4v) is 2.30. The third kappa shape index (κ3) is 6.69. The molecule has 3 rings (SSSR count). The molecule has 130 valence electrons. The normalized spacial score (nSPS) is 9.88. The van der Waals surface area contributed by atoms with Gasteiger partial charge < -0.3 is 20.8 Å². The first-order valence-electron chi connectivity index (χ1n) is 8.05. The Bertz CT molecular complexity index is 751. The minimum atomic E-state index is 0.496. The second kappa shape index (κ2) is 9.49. The molecule has 0 amide bonds. The highest BCUT2D eigenvalue weighted by atomic mass is 32.1. The molecule has 1 aromatic heterocycles. The first-order valence-corrected chi connectivity index (χ1v) is 8.46. The zero-order chi connectivity index (χ0) is 18.1. The third-order valence-electron chi connectivity index (χ3n) is 3.41. The van der Waals surface area contributed by atoms with Gasteiger partial charge in [-0.05, 0) is 72.2 Å². The molecule has 0 spiro atoms. The van der Waals surface area contributed by atoms with Gasteiger partial charge in [-0.3, -0.25) is 0 Å². The Labute approximate surface area is 154 Å². The van der Waals surface area contributed by atoms with E-state index in [0.29, 0.717) is 11.0 Å². The number of nitrogen functional groups attached to an aromatic ring is 1. The quantitative estimate of drug-likeness (QED) is 0.430. The monoisotopic (exact) mass is 353 g/mol. The highest BCUT2D eigenvalue weighted by molar-refractivity contribution is 7.80. The van der Waals surface area contributed by atoms with Crippen LogP contribution in [0.4, 0.5) is 17.1 Å². The standard InChI is InChI=1S/C16H19N3S.C4H4O/c1-11(2)12-4-3-5-15(10-12)19-16(20)18-14-8-6-13(17)7-9-14;1-2-4-5-3-1/h3-11H,17H2,1-2H3,(H2,18,19,20);1-4H. The van der Waals surface area contributed by atoms with Crippen molar-refractivity contribution in [3.8, 4) is 0 Å². The molecular weight excluding hydrogens is 330 g/mol. The number of thiocarbonyl (C=S) groups is 1. The summed E-state index contributed by atoms with van der Waals surface area (Å²) >= 11 is 5.31. The van der Waals surface area contributed by atoms with Crippen molar-refractivity contribution in [2.24, 2.45) is 0 Å². The summed E-state index contributed by atoms with van der Waals surface area (Å²) in [5.74, 6) is 0.496. The molecule has 0 saturated heterocycles. The number of benzene rings is 2. The summed E-state index contributed by atoms with van der Waals surface area (Å²) in [6, 6.07) is 19.4. The molecule has 0 atom stereocenters. The minimum Gasteiger partial charge on any atom is -0.473 e. The Morgan fingerprint density at radius 1 is 0.920 bits per heavy atom. The van der Waals surface area contributed by atoms with E-state index in [-0.39, 0.29) is 0 Å². The van der Waals surface area contributed by atoms with E-state index in [2.05, 4.69) is 41.0 Å². The summed E-state index contributed by atoms with van der Waals surface area (Å²) in [5.41, 5.74) is 9.57. The summed E-state index contributed by atoms with van der Waals surface area (Å²) in [5, 5.41) is 6.89. The zero-order valence-corrected chi connectivity index (χ0v) is 15.2. The lowest BCUT2D eigenvalue weighted by atomic mass is 10.0. The van der Waals surface area contributed by atoms with Gasteiger partial charge in [0.1, 0.15) is 0 Å². The molecule has 0 saturated carbocycles. The van der Waals surface area contributed by atoms with E-state index in [1.54, 1.807) is 12.5 Å². The highest BCUT2D eigenvalue weighted by Gasteiger charge is 2.02. The second-order valence-corrected chi connectivity index (χ2v) is 6.18. The smallest absolute Gasteiger partial charge is 0.175 e. The number of furan rings is 1. The van der Waals surface area contributed by atoms with Crippen LogP contribution in [0.15, 0.2) is 77.6 Å². The van der Waals surface area contributed by atoms with Crippen LogP contribution in [-0.4, -0.2) is 5.11 Å². The van der Waals surface area contributed by atoms with Crippen molar-refractivity contribution in [1.82, 2.24) is 0 Å². The summed E-state index contributed by atoms with van der Waals surface area (Å²) in [6.07, 6.45) is 3.25. The van der Waals surface area contributed by atoms with Crippen LogP contribution in [-0.2, 0) is 0 Å².